The minimum Gasteiger partial charge on any atom is -0.380 e. The zero-order valence-corrected chi connectivity index (χ0v) is 10.7. The summed E-state index contributed by atoms with van der Waals surface area (Å²) in [5.74, 6) is 0.584. The molecule has 3 nitrogen and oxygen atoms in total. The molecule has 0 radical (unpaired) electrons. The Balaban J connectivity index is 2.16. The first-order chi connectivity index (χ1) is 8.26. The van der Waals surface area contributed by atoms with Gasteiger partial charge in [0, 0.05) is 31.8 Å². The predicted molar refractivity (Wildman–Crippen MR) is 71.5 cm³/mol. The fraction of sp³-hybridized carbons (Fsp3) is 0.571. The van der Waals surface area contributed by atoms with Gasteiger partial charge in [0.1, 0.15) is 0 Å². The minimum absolute atomic E-state index is 0.264. The van der Waals surface area contributed by atoms with Crippen LogP contribution in [0.2, 0.25) is 0 Å². The summed E-state index contributed by atoms with van der Waals surface area (Å²) in [5, 5.41) is 0. The second-order valence-corrected chi connectivity index (χ2v) is 4.78. The third kappa shape index (κ3) is 2.61. The van der Waals surface area contributed by atoms with E-state index >= 15 is 0 Å². The molecule has 1 aliphatic rings. The molecule has 0 aliphatic carbocycles. The predicted octanol–water partition coefficient (Wildman–Crippen LogP) is 1.97. The van der Waals surface area contributed by atoms with Crippen molar-refractivity contribution in [3.63, 3.8) is 0 Å². The molecule has 2 unspecified atom stereocenters. The van der Waals surface area contributed by atoms with Crippen LogP contribution in [0.15, 0.2) is 24.3 Å². The van der Waals surface area contributed by atoms with E-state index in [1.807, 2.05) is 0 Å². The van der Waals surface area contributed by atoms with Crippen LogP contribution < -0.4 is 10.6 Å². The minimum atomic E-state index is 0.264. The molecule has 0 aromatic heterocycles. The molecule has 17 heavy (non-hydrogen) atoms. The van der Waals surface area contributed by atoms with Crippen molar-refractivity contribution in [2.45, 2.75) is 25.4 Å². The van der Waals surface area contributed by atoms with Crippen molar-refractivity contribution >= 4 is 5.69 Å². The van der Waals surface area contributed by atoms with Gasteiger partial charge in [0.05, 0.1) is 6.10 Å². The Morgan fingerprint density at radius 3 is 2.94 bits per heavy atom. The first kappa shape index (κ1) is 12.4. The van der Waals surface area contributed by atoms with Crippen molar-refractivity contribution in [3.8, 4) is 0 Å². The van der Waals surface area contributed by atoms with Crippen LogP contribution >= 0.6 is 0 Å². The van der Waals surface area contributed by atoms with E-state index in [4.69, 9.17) is 10.5 Å². The molecular formula is C14H22N2O. The average molecular weight is 234 g/mol. The Hall–Kier alpha value is -1.06. The number of anilines is 1. The van der Waals surface area contributed by atoms with Gasteiger partial charge in [0.2, 0.25) is 0 Å². The summed E-state index contributed by atoms with van der Waals surface area (Å²) < 4.78 is 5.36. The second-order valence-electron chi connectivity index (χ2n) is 4.78. The zero-order valence-electron chi connectivity index (χ0n) is 10.7. The number of para-hydroxylation sites is 1. The van der Waals surface area contributed by atoms with Gasteiger partial charge in [-0.25, -0.2) is 0 Å². The standard InChI is InChI=1S/C14H22N2O/c1-11(17-2)9-16-10-12(7-8-15)13-5-3-4-6-14(13)16/h3-6,11-12H,7-10,15H2,1-2H3. The van der Waals surface area contributed by atoms with Crippen LogP contribution in [-0.2, 0) is 4.74 Å². The highest BCUT2D eigenvalue weighted by Gasteiger charge is 2.28. The van der Waals surface area contributed by atoms with E-state index in [1.165, 1.54) is 11.3 Å². The number of nitrogens with zero attached hydrogens (tertiary/aromatic N) is 1. The molecule has 1 aromatic carbocycles. The first-order valence-corrected chi connectivity index (χ1v) is 6.33. The second kappa shape index (κ2) is 5.52. The van der Waals surface area contributed by atoms with E-state index in [9.17, 15) is 0 Å². The van der Waals surface area contributed by atoms with Gasteiger partial charge in [-0.15, -0.1) is 0 Å². The molecule has 1 heterocycles. The van der Waals surface area contributed by atoms with Crippen molar-refractivity contribution in [2.24, 2.45) is 5.73 Å². The zero-order chi connectivity index (χ0) is 12.3. The van der Waals surface area contributed by atoms with Gasteiger partial charge in [-0.05, 0) is 31.5 Å². The van der Waals surface area contributed by atoms with Crippen LogP contribution in [0, 0.1) is 0 Å². The van der Waals surface area contributed by atoms with Gasteiger partial charge in [0.25, 0.3) is 0 Å². The molecule has 0 saturated carbocycles. The Labute approximate surface area is 104 Å². The molecule has 94 valence electrons. The maximum absolute atomic E-state index is 5.70. The molecule has 0 bridgehead atoms. The average Bonchev–Trinajstić information content (AvgIpc) is 2.69. The Morgan fingerprint density at radius 2 is 2.24 bits per heavy atom. The highest BCUT2D eigenvalue weighted by molar-refractivity contribution is 5.60. The van der Waals surface area contributed by atoms with Crippen LogP contribution in [0.1, 0.15) is 24.8 Å². The van der Waals surface area contributed by atoms with Gasteiger partial charge in [-0.3, -0.25) is 0 Å². The smallest absolute Gasteiger partial charge is 0.0718 e. The molecule has 0 amide bonds. The topological polar surface area (TPSA) is 38.5 Å². The normalized spacial score (nSPS) is 20.4. The van der Waals surface area contributed by atoms with E-state index in [2.05, 4.69) is 36.1 Å². The van der Waals surface area contributed by atoms with Crippen LogP contribution in [0.5, 0.6) is 0 Å². The van der Waals surface area contributed by atoms with Crippen LogP contribution in [0.4, 0.5) is 5.69 Å². The largest absolute Gasteiger partial charge is 0.380 e. The lowest BCUT2D eigenvalue weighted by Crippen LogP contribution is -2.31. The van der Waals surface area contributed by atoms with E-state index in [0.717, 1.165) is 26.1 Å². The lowest BCUT2D eigenvalue weighted by Gasteiger charge is -2.23. The third-order valence-corrected chi connectivity index (χ3v) is 3.55. The first-order valence-electron chi connectivity index (χ1n) is 6.33. The monoisotopic (exact) mass is 234 g/mol. The quantitative estimate of drug-likeness (QED) is 0.846. The number of hydrogen-bond acceptors (Lipinski definition) is 3. The maximum atomic E-state index is 5.70. The molecule has 0 spiro atoms. The van der Waals surface area contributed by atoms with Crippen molar-refractivity contribution in [1.82, 2.24) is 0 Å². The van der Waals surface area contributed by atoms with Gasteiger partial charge in [0.15, 0.2) is 0 Å². The van der Waals surface area contributed by atoms with Crippen molar-refractivity contribution in [2.75, 3.05) is 31.6 Å². The number of nitrogens with two attached hydrogens (primary N) is 1. The van der Waals surface area contributed by atoms with Crippen LogP contribution in [-0.4, -0.2) is 32.8 Å². The third-order valence-electron chi connectivity index (χ3n) is 3.55. The van der Waals surface area contributed by atoms with Crippen LogP contribution in [0.3, 0.4) is 0 Å². The fourth-order valence-corrected chi connectivity index (χ4v) is 2.59. The fourth-order valence-electron chi connectivity index (χ4n) is 2.59. The molecular weight excluding hydrogens is 212 g/mol. The van der Waals surface area contributed by atoms with Gasteiger partial charge >= 0.3 is 0 Å². The highest BCUT2D eigenvalue weighted by atomic mass is 16.5. The van der Waals surface area contributed by atoms with Gasteiger partial charge < -0.3 is 15.4 Å². The summed E-state index contributed by atoms with van der Waals surface area (Å²) in [5.41, 5.74) is 8.50. The SMILES string of the molecule is COC(C)CN1CC(CCN)c2ccccc21. The summed E-state index contributed by atoms with van der Waals surface area (Å²) in [6.07, 6.45) is 1.33. The van der Waals surface area contributed by atoms with E-state index in [-0.39, 0.29) is 6.10 Å². The number of benzene rings is 1. The molecule has 2 rings (SSSR count). The molecule has 1 aromatic rings. The van der Waals surface area contributed by atoms with Crippen molar-refractivity contribution < 1.29 is 4.74 Å². The molecule has 3 heteroatoms. The number of methoxy groups -OCH3 is 1. The van der Waals surface area contributed by atoms with E-state index in [1.54, 1.807) is 7.11 Å². The Bertz CT molecular complexity index is 367. The maximum Gasteiger partial charge on any atom is 0.0718 e. The molecule has 2 atom stereocenters. The van der Waals surface area contributed by atoms with Crippen molar-refractivity contribution in [3.05, 3.63) is 29.8 Å². The Kier molecular flexibility index (Phi) is 4.02. The number of fused-ring (bicyclic) bond motifs is 1. The molecule has 2 N–H and O–H groups in total. The van der Waals surface area contributed by atoms with E-state index < -0.39 is 0 Å². The molecule has 1 aliphatic heterocycles. The Morgan fingerprint density at radius 1 is 1.47 bits per heavy atom. The summed E-state index contributed by atoms with van der Waals surface area (Å²) in [6.45, 7) is 4.89. The number of ether oxygens (including phenoxy) is 1. The molecule has 0 fully saturated rings. The lowest BCUT2D eigenvalue weighted by atomic mass is 9.98. The van der Waals surface area contributed by atoms with Gasteiger partial charge in [-0.2, -0.15) is 0 Å². The highest BCUT2D eigenvalue weighted by Crippen LogP contribution is 2.37. The number of hydrogen-bond donors (Lipinski definition) is 1. The van der Waals surface area contributed by atoms with Crippen molar-refractivity contribution in [1.29, 1.82) is 0 Å². The van der Waals surface area contributed by atoms with E-state index in [0.29, 0.717) is 5.92 Å². The lowest BCUT2D eigenvalue weighted by molar-refractivity contribution is 0.123. The molecule has 0 saturated heterocycles. The summed E-state index contributed by atoms with van der Waals surface area (Å²) in [6, 6.07) is 8.65. The summed E-state index contributed by atoms with van der Waals surface area (Å²) in [7, 11) is 1.77. The van der Waals surface area contributed by atoms with Gasteiger partial charge in [-0.1, -0.05) is 18.2 Å². The van der Waals surface area contributed by atoms with Crippen LogP contribution in [0.25, 0.3) is 0 Å². The number of rotatable bonds is 5. The summed E-state index contributed by atoms with van der Waals surface area (Å²) in [4.78, 5) is 2.42. The summed E-state index contributed by atoms with van der Waals surface area (Å²) >= 11 is 0.